The summed E-state index contributed by atoms with van der Waals surface area (Å²) in [5, 5.41) is 8.30. The van der Waals surface area contributed by atoms with Gasteiger partial charge in [-0.1, -0.05) is 0 Å². The molecule has 1 amide bonds. The maximum atomic E-state index is 12.4. The van der Waals surface area contributed by atoms with Crippen molar-refractivity contribution in [3.63, 3.8) is 0 Å². The molecule has 0 aliphatic carbocycles. The van der Waals surface area contributed by atoms with Crippen LogP contribution in [-0.2, 0) is 20.8 Å². The molecule has 2 aromatic rings. The molecule has 2 fully saturated rings. The molecule has 2 saturated heterocycles. The maximum Gasteiger partial charge on any atom is 0.222 e. The number of likely N-dealkylation sites (tertiary alicyclic amines) is 1. The topological polar surface area (TPSA) is 87.3 Å². The second-order valence-corrected chi connectivity index (χ2v) is 6.44. The van der Waals surface area contributed by atoms with Gasteiger partial charge in [-0.05, 0) is 12.5 Å². The number of carbonyl (C=O) groups is 1. The summed E-state index contributed by atoms with van der Waals surface area (Å²) < 4.78 is 15.6. The van der Waals surface area contributed by atoms with Gasteiger partial charge in [0.15, 0.2) is 0 Å². The highest BCUT2D eigenvalue weighted by atomic mass is 16.6. The summed E-state index contributed by atoms with van der Waals surface area (Å²) in [6.07, 6.45) is 7.97. The molecule has 0 unspecified atom stereocenters. The number of rotatable bonds is 5. The predicted octanol–water partition coefficient (Wildman–Crippen LogP) is 0.122. The number of amides is 1. The number of hydrogen-bond acceptors (Lipinski definition) is 6. The van der Waals surface area contributed by atoms with Gasteiger partial charge in [0.1, 0.15) is 24.9 Å². The molecule has 134 valence electrons. The lowest BCUT2D eigenvalue weighted by Crippen LogP contribution is -2.31. The van der Waals surface area contributed by atoms with Gasteiger partial charge in [-0.2, -0.15) is 10.2 Å². The van der Waals surface area contributed by atoms with Crippen LogP contribution >= 0.6 is 0 Å². The highest BCUT2D eigenvalue weighted by Crippen LogP contribution is 2.24. The first kappa shape index (κ1) is 16.2. The molecular weight excluding hydrogens is 324 g/mol. The zero-order chi connectivity index (χ0) is 17.1. The summed E-state index contributed by atoms with van der Waals surface area (Å²) in [4.78, 5) is 18.2. The lowest BCUT2D eigenvalue weighted by atomic mass is 10.3. The summed E-state index contributed by atoms with van der Waals surface area (Å²) >= 11 is 0. The molecule has 0 aromatic carbocycles. The highest BCUT2D eigenvalue weighted by Gasteiger charge is 2.39. The van der Waals surface area contributed by atoms with Crippen molar-refractivity contribution < 1.29 is 14.3 Å². The average molecular weight is 346 g/mol. The first-order valence-corrected chi connectivity index (χ1v) is 8.62. The van der Waals surface area contributed by atoms with Crippen molar-refractivity contribution in [1.82, 2.24) is 29.4 Å². The van der Waals surface area contributed by atoms with Crippen LogP contribution in [0.25, 0.3) is 0 Å². The van der Waals surface area contributed by atoms with Crippen molar-refractivity contribution in [1.29, 1.82) is 0 Å². The van der Waals surface area contributed by atoms with E-state index in [-0.39, 0.29) is 24.2 Å². The molecule has 25 heavy (non-hydrogen) atoms. The average Bonchev–Trinajstić information content (AvgIpc) is 3.36. The Labute approximate surface area is 145 Å². The van der Waals surface area contributed by atoms with E-state index in [1.807, 2.05) is 21.8 Å². The van der Waals surface area contributed by atoms with E-state index in [4.69, 9.17) is 9.47 Å². The third-order valence-electron chi connectivity index (χ3n) is 4.72. The Balaban J connectivity index is 1.25. The van der Waals surface area contributed by atoms with Gasteiger partial charge in [0.25, 0.3) is 0 Å². The molecule has 0 N–H and O–H groups in total. The summed E-state index contributed by atoms with van der Waals surface area (Å²) in [5.41, 5.74) is 0. The van der Waals surface area contributed by atoms with Crippen molar-refractivity contribution in [2.24, 2.45) is 0 Å². The van der Waals surface area contributed by atoms with Crippen molar-refractivity contribution in [3.05, 3.63) is 31.1 Å². The molecule has 0 bridgehead atoms. The van der Waals surface area contributed by atoms with E-state index in [1.54, 1.807) is 17.2 Å². The number of fused-ring (bicyclic) bond motifs is 1. The van der Waals surface area contributed by atoms with Crippen molar-refractivity contribution in [2.45, 2.75) is 37.6 Å². The van der Waals surface area contributed by atoms with Gasteiger partial charge in [-0.15, -0.1) is 0 Å². The number of aryl methyl sites for hydroxylation is 1. The van der Waals surface area contributed by atoms with Gasteiger partial charge >= 0.3 is 0 Å². The minimum atomic E-state index is -0.0557. The minimum Gasteiger partial charge on any atom is -0.371 e. The zero-order valence-electron chi connectivity index (χ0n) is 14.0. The van der Waals surface area contributed by atoms with E-state index in [1.165, 1.54) is 6.33 Å². The van der Waals surface area contributed by atoms with Gasteiger partial charge in [-0.25, -0.2) is 4.98 Å². The van der Waals surface area contributed by atoms with Crippen LogP contribution in [0.2, 0.25) is 0 Å². The lowest BCUT2D eigenvalue weighted by molar-refractivity contribution is -0.131. The SMILES string of the molecule is O=C(CCCn1cncn1)N1C[C@@H]2OCC(n3cccn3)CO[C@H]2C1. The van der Waals surface area contributed by atoms with Crippen LogP contribution in [0.4, 0.5) is 0 Å². The number of aromatic nitrogens is 5. The van der Waals surface area contributed by atoms with Crippen molar-refractivity contribution in [2.75, 3.05) is 26.3 Å². The van der Waals surface area contributed by atoms with Crippen LogP contribution in [0, 0.1) is 0 Å². The lowest BCUT2D eigenvalue weighted by Gasteiger charge is -2.19. The van der Waals surface area contributed by atoms with E-state index in [0.29, 0.717) is 39.3 Å². The normalized spacial score (nSPS) is 24.2. The molecule has 2 aliphatic rings. The quantitative estimate of drug-likeness (QED) is 0.764. The van der Waals surface area contributed by atoms with Crippen LogP contribution < -0.4 is 0 Å². The number of carbonyl (C=O) groups excluding carboxylic acids is 1. The molecule has 0 saturated carbocycles. The Morgan fingerprint density at radius 3 is 2.60 bits per heavy atom. The number of hydrogen-bond donors (Lipinski definition) is 0. The summed E-state index contributed by atoms with van der Waals surface area (Å²) in [6.45, 7) is 3.00. The third-order valence-corrected chi connectivity index (χ3v) is 4.72. The van der Waals surface area contributed by atoms with Gasteiger partial charge in [0, 0.05) is 38.4 Å². The molecule has 4 heterocycles. The second-order valence-electron chi connectivity index (χ2n) is 6.44. The van der Waals surface area contributed by atoms with Crippen molar-refractivity contribution in [3.8, 4) is 0 Å². The van der Waals surface area contributed by atoms with E-state index in [9.17, 15) is 4.79 Å². The third kappa shape index (κ3) is 3.72. The molecule has 9 nitrogen and oxygen atoms in total. The first-order valence-electron chi connectivity index (χ1n) is 8.62. The van der Waals surface area contributed by atoms with Crippen LogP contribution in [0.5, 0.6) is 0 Å². The fraction of sp³-hybridized carbons (Fsp3) is 0.625. The first-order chi connectivity index (χ1) is 12.3. The zero-order valence-corrected chi connectivity index (χ0v) is 14.0. The maximum absolute atomic E-state index is 12.4. The van der Waals surface area contributed by atoms with Gasteiger partial charge in [0.2, 0.25) is 5.91 Å². The van der Waals surface area contributed by atoms with Crippen molar-refractivity contribution >= 4 is 5.91 Å². The van der Waals surface area contributed by atoms with Gasteiger partial charge in [0.05, 0.1) is 19.3 Å². The van der Waals surface area contributed by atoms with Crippen LogP contribution in [0.3, 0.4) is 0 Å². The van der Waals surface area contributed by atoms with E-state index in [0.717, 1.165) is 6.42 Å². The Morgan fingerprint density at radius 1 is 1.16 bits per heavy atom. The number of nitrogens with zero attached hydrogens (tertiary/aromatic N) is 6. The molecule has 2 aliphatic heterocycles. The Kier molecular flexibility index (Phi) is 4.75. The Morgan fingerprint density at radius 2 is 1.96 bits per heavy atom. The van der Waals surface area contributed by atoms with E-state index >= 15 is 0 Å². The molecule has 0 radical (unpaired) electrons. The summed E-state index contributed by atoms with van der Waals surface area (Å²) in [7, 11) is 0. The fourth-order valence-electron chi connectivity index (χ4n) is 3.33. The number of ether oxygens (including phenoxy) is 2. The molecular formula is C16H22N6O3. The molecule has 2 atom stereocenters. The predicted molar refractivity (Wildman–Crippen MR) is 86.6 cm³/mol. The standard InChI is InChI=1S/C16H22N6O3/c23-16(3-1-5-21-12-17-11-19-21)20-7-14-15(8-20)25-10-13(9-24-14)22-6-2-4-18-22/h2,4,6,11-15H,1,3,5,7-10H2/t14-,15-/m0/s1. The molecule has 4 rings (SSSR count). The monoisotopic (exact) mass is 346 g/mol. The molecule has 9 heteroatoms. The molecule has 0 spiro atoms. The van der Waals surface area contributed by atoms with E-state index < -0.39 is 0 Å². The summed E-state index contributed by atoms with van der Waals surface area (Å²) in [5.74, 6) is 0.143. The van der Waals surface area contributed by atoms with Crippen LogP contribution in [0.1, 0.15) is 18.9 Å². The second kappa shape index (κ2) is 7.32. The highest BCUT2D eigenvalue weighted by molar-refractivity contribution is 5.76. The largest absolute Gasteiger partial charge is 0.371 e. The van der Waals surface area contributed by atoms with Crippen LogP contribution in [-0.4, -0.2) is 73.9 Å². The smallest absolute Gasteiger partial charge is 0.222 e. The fourth-order valence-corrected chi connectivity index (χ4v) is 3.33. The molecule has 2 aromatic heterocycles. The Hall–Kier alpha value is -2.26. The van der Waals surface area contributed by atoms with Gasteiger partial charge < -0.3 is 14.4 Å². The van der Waals surface area contributed by atoms with E-state index in [2.05, 4.69) is 15.2 Å². The van der Waals surface area contributed by atoms with Crippen LogP contribution in [0.15, 0.2) is 31.1 Å². The van der Waals surface area contributed by atoms with Gasteiger partial charge in [-0.3, -0.25) is 14.2 Å². The Bertz CT molecular complexity index is 658. The summed E-state index contributed by atoms with van der Waals surface area (Å²) in [6, 6.07) is 1.98. The minimum absolute atomic E-state index is 0.0557.